The molecule has 31 heavy (non-hydrogen) atoms. The van der Waals surface area contributed by atoms with Gasteiger partial charge >= 0.3 is 0 Å². The third-order valence-corrected chi connectivity index (χ3v) is 7.15. The number of carbonyl (C=O) groups is 1. The molecule has 4 aromatic rings. The maximum absolute atomic E-state index is 12.2. The highest BCUT2D eigenvalue weighted by atomic mass is 32.2. The SMILES string of the molecule is CCc1nn2c(=O)cc(CSc3nnc(NC(=O)COc4ccccc4C)s3)nc2s1. The van der Waals surface area contributed by atoms with E-state index in [4.69, 9.17) is 4.74 Å². The summed E-state index contributed by atoms with van der Waals surface area (Å²) in [4.78, 5) is 29.4. The number of hydrogen-bond donors (Lipinski definition) is 1. The monoisotopic (exact) mass is 474 g/mol. The average Bonchev–Trinajstić information content (AvgIpc) is 3.38. The molecule has 0 bridgehead atoms. The zero-order chi connectivity index (χ0) is 21.8. The summed E-state index contributed by atoms with van der Waals surface area (Å²) in [6.07, 6.45) is 0.757. The van der Waals surface area contributed by atoms with Gasteiger partial charge in [-0.15, -0.1) is 10.2 Å². The number of thioether (sulfide) groups is 1. The molecule has 0 unspecified atom stereocenters. The molecule has 0 aliphatic carbocycles. The van der Waals surface area contributed by atoms with Gasteiger partial charge in [-0.25, -0.2) is 4.98 Å². The maximum Gasteiger partial charge on any atom is 0.275 e. The van der Waals surface area contributed by atoms with Gasteiger partial charge in [0.1, 0.15) is 10.8 Å². The minimum Gasteiger partial charge on any atom is -0.483 e. The summed E-state index contributed by atoms with van der Waals surface area (Å²) in [6, 6.07) is 8.97. The minimum atomic E-state index is -0.312. The van der Waals surface area contributed by atoms with Gasteiger partial charge in [-0.05, 0) is 25.0 Å². The Morgan fingerprint density at radius 2 is 2.10 bits per heavy atom. The normalized spacial score (nSPS) is 11.0. The summed E-state index contributed by atoms with van der Waals surface area (Å²) in [6.45, 7) is 3.79. The van der Waals surface area contributed by atoms with Gasteiger partial charge in [-0.1, -0.05) is 59.6 Å². The van der Waals surface area contributed by atoms with E-state index in [2.05, 4.69) is 25.6 Å². The van der Waals surface area contributed by atoms with Gasteiger partial charge in [0.25, 0.3) is 11.5 Å². The Hall–Kier alpha value is -2.83. The number of ether oxygens (including phenoxy) is 1. The number of para-hydroxylation sites is 1. The molecule has 1 amide bonds. The standard InChI is InChI=1S/C19H18N6O3S3/c1-3-15-24-25-16(27)8-12(20-18(25)30-15)10-29-19-23-22-17(31-19)21-14(26)9-28-13-7-5-4-6-11(13)2/h4-8H,3,9-10H2,1-2H3,(H,21,22,26). The number of benzene rings is 1. The number of amides is 1. The summed E-state index contributed by atoms with van der Waals surface area (Å²) in [5.74, 6) is 0.816. The Labute approximate surface area is 189 Å². The summed E-state index contributed by atoms with van der Waals surface area (Å²) in [5, 5.41) is 16.2. The van der Waals surface area contributed by atoms with Crippen LogP contribution in [0, 0.1) is 6.92 Å². The number of carbonyl (C=O) groups excluding carboxylic acids is 1. The molecule has 0 aliphatic heterocycles. The van der Waals surface area contributed by atoms with E-state index in [0.717, 1.165) is 17.0 Å². The highest BCUT2D eigenvalue weighted by Crippen LogP contribution is 2.28. The van der Waals surface area contributed by atoms with E-state index in [-0.39, 0.29) is 18.1 Å². The van der Waals surface area contributed by atoms with Crippen molar-refractivity contribution in [2.45, 2.75) is 30.4 Å². The predicted octanol–water partition coefficient (Wildman–Crippen LogP) is 3.18. The molecule has 4 rings (SSSR count). The van der Waals surface area contributed by atoms with E-state index < -0.39 is 0 Å². The van der Waals surface area contributed by atoms with E-state index >= 15 is 0 Å². The Morgan fingerprint density at radius 1 is 1.26 bits per heavy atom. The first-order valence-electron chi connectivity index (χ1n) is 9.35. The summed E-state index contributed by atoms with van der Waals surface area (Å²) >= 11 is 4.06. The van der Waals surface area contributed by atoms with Crippen LogP contribution in [0.4, 0.5) is 5.13 Å². The van der Waals surface area contributed by atoms with Crippen molar-refractivity contribution in [3.8, 4) is 5.75 Å². The van der Waals surface area contributed by atoms with Crippen LogP contribution in [0.1, 0.15) is 23.2 Å². The Morgan fingerprint density at radius 3 is 2.90 bits per heavy atom. The largest absolute Gasteiger partial charge is 0.483 e. The number of nitrogens with zero attached hydrogens (tertiary/aromatic N) is 5. The predicted molar refractivity (Wildman–Crippen MR) is 121 cm³/mol. The lowest BCUT2D eigenvalue weighted by Crippen LogP contribution is -2.20. The lowest BCUT2D eigenvalue weighted by atomic mass is 10.2. The molecular formula is C19H18N6O3S3. The molecule has 0 atom stereocenters. The van der Waals surface area contributed by atoms with E-state index in [1.54, 1.807) is 0 Å². The number of rotatable bonds is 8. The van der Waals surface area contributed by atoms with Gasteiger partial charge in [0.2, 0.25) is 10.1 Å². The number of anilines is 1. The second-order valence-corrected chi connectivity index (χ2v) is 9.63. The van der Waals surface area contributed by atoms with Crippen LogP contribution in [-0.2, 0) is 17.0 Å². The number of hydrogen-bond acceptors (Lipinski definition) is 10. The first-order valence-corrected chi connectivity index (χ1v) is 12.0. The first kappa shape index (κ1) is 21.4. The van der Waals surface area contributed by atoms with Crippen LogP contribution in [0.15, 0.2) is 39.5 Å². The number of nitrogens with one attached hydrogen (secondary N) is 1. The fraction of sp³-hybridized carbons (Fsp3) is 0.263. The Kier molecular flexibility index (Phi) is 6.59. The lowest BCUT2D eigenvalue weighted by molar-refractivity contribution is -0.118. The van der Waals surface area contributed by atoms with Crippen LogP contribution >= 0.6 is 34.4 Å². The van der Waals surface area contributed by atoms with Crippen molar-refractivity contribution >= 4 is 50.4 Å². The molecule has 0 fully saturated rings. The molecule has 1 aromatic carbocycles. The Balaban J connectivity index is 1.33. The summed E-state index contributed by atoms with van der Waals surface area (Å²) in [7, 11) is 0. The van der Waals surface area contributed by atoms with E-state index in [1.807, 2.05) is 38.1 Å². The van der Waals surface area contributed by atoms with Crippen LogP contribution in [-0.4, -0.2) is 37.3 Å². The van der Waals surface area contributed by atoms with E-state index in [1.165, 1.54) is 45.0 Å². The fourth-order valence-corrected chi connectivity index (χ4v) is 5.10. The Bertz CT molecular complexity index is 1280. The smallest absolute Gasteiger partial charge is 0.275 e. The fourth-order valence-electron chi connectivity index (χ4n) is 2.58. The van der Waals surface area contributed by atoms with Crippen molar-refractivity contribution in [1.29, 1.82) is 0 Å². The van der Waals surface area contributed by atoms with Crippen molar-refractivity contribution < 1.29 is 9.53 Å². The number of aromatic nitrogens is 5. The van der Waals surface area contributed by atoms with Gasteiger partial charge in [0.05, 0.1) is 5.69 Å². The molecule has 3 aromatic heterocycles. The molecule has 12 heteroatoms. The van der Waals surface area contributed by atoms with Gasteiger partial charge in [0, 0.05) is 11.8 Å². The second-order valence-electron chi connectivity index (χ2n) is 6.39. The van der Waals surface area contributed by atoms with Crippen molar-refractivity contribution in [1.82, 2.24) is 24.8 Å². The third-order valence-electron chi connectivity index (χ3n) is 4.09. The van der Waals surface area contributed by atoms with Gasteiger partial charge in [-0.3, -0.25) is 14.9 Å². The molecule has 160 valence electrons. The molecule has 0 saturated heterocycles. The summed E-state index contributed by atoms with van der Waals surface area (Å²) in [5.41, 5.74) is 1.41. The molecule has 0 spiro atoms. The quantitative estimate of drug-likeness (QED) is 0.306. The third kappa shape index (κ3) is 5.27. The van der Waals surface area contributed by atoms with Crippen LogP contribution in [0.5, 0.6) is 5.75 Å². The number of aryl methyl sites for hydroxylation is 2. The maximum atomic E-state index is 12.2. The molecule has 1 N–H and O–H groups in total. The van der Waals surface area contributed by atoms with Crippen molar-refractivity contribution in [3.63, 3.8) is 0 Å². The second kappa shape index (κ2) is 9.54. The van der Waals surface area contributed by atoms with Crippen molar-refractivity contribution in [3.05, 3.63) is 57.0 Å². The molecule has 3 heterocycles. The minimum absolute atomic E-state index is 0.116. The lowest BCUT2D eigenvalue weighted by Gasteiger charge is -2.07. The molecule has 9 nitrogen and oxygen atoms in total. The molecule has 0 saturated carbocycles. The van der Waals surface area contributed by atoms with E-state index in [9.17, 15) is 9.59 Å². The highest BCUT2D eigenvalue weighted by molar-refractivity contribution is 8.00. The van der Waals surface area contributed by atoms with Crippen LogP contribution in [0.25, 0.3) is 4.96 Å². The topological polar surface area (TPSA) is 111 Å². The average molecular weight is 475 g/mol. The van der Waals surface area contributed by atoms with Gasteiger partial charge in [-0.2, -0.15) is 9.61 Å². The highest BCUT2D eigenvalue weighted by Gasteiger charge is 2.12. The van der Waals surface area contributed by atoms with Gasteiger partial charge in [0.15, 0.2) is 10.9 Å². The van der Waals surface area contributed by atoms with E-state index in [0.29, 0.717) is 31.6 Å². The molecular weight excluding hydrogens is 456 g/mol. The van der Waals surface area contributed by atoms with Crippen LogP contribution in [0.3, 0.4) is 0 Å². The van der Waals surface area contributed by atoms with Crippen LogP contribution in [0.2, 0.25) is 0 Å². The van der Waals surface area contributed by atoms with Crippen molar-refractivity contribution in [2.24, 2.45) is 0 Å². The molecule has 0 radical (unpaired) electrons. The zero-order valence-electron chi connectivity index (χ0n) is 16.7. The summed E-state index contributed by atoms with van der Waals surface area (Å²) < 4.78 is 7.53. The van der Waals surface area contributed by atoms with Crippen molar-refractivity contribution in [2.75, 3.05) is 11.9 Å². The van der Waals surface area contributed by atoms with Gasteiger partial charge < -0.3 is 4.74 Å². The zero-order valence-corrected chi connectivity index (χ0v) is 19.1. The number of fused-ring (bicyclic) bond motifs is 1. The van der Waals surface area contributed by atoms with Crippen LogP contribution < -0.4 is 15.6 Å². The molecule has 0 aliphatic rings. The first-order chi connectivity index (χ1) is 15.0.